The van der Waals surface area contributed by atoms with Crippen LogP contribution in [0.3, 0.4) is 0 Å². The molecule has 2 aromatic rings. The summed E-state index contributed by atoms with van der Waals surface area (Å²) < 4.78 is 27.2. The van der Waals surface area contributed by atoms with Crippen LogP contribution in [0.5, 0.6) is 5.75 Å². The van der Waals surface area contributed by atoms with E-state index in [1.54, 1.807) is 0 Å². The summed E-state index contributed by atoms with van der Waals surface area (Å²) in [6.07, 6.45) is 0. The quantitative estimate of drug-likeness (QED) is 0.873. The lowest BCUT2D eigenvalue weighted by molar-refractivity contribution is 0.102. The number of carbonyl (C=O) groups excluding carboxylic acids is 1. The standard InChI is InChI=1S/C14H11F2NO2/c1-8-2-7-11(15)13(12(8)16)17-14(19)9-3-5-10(18)6-4-9/h2-7,18H,1H3,(H,17,19). The fourth-order valence-corrected chi connectivity index (χ4v) is 1.57. The Labute approximate surface area is 108 Å². The second-order valence-corrected chi connectivity index (χ2v) is 4.05. The highest BCUT2D eigenvalue weighted by Crippen LogP contribution is 2.22. The molecule has 0 atom stereocenters. The fraction of sp³-hybridized carbons (Fsp3) is 0.0714. The first-order valence-electron chi connectivity index (χ1n) is 5.54. The van der Waals surface area contributed by atoms with Gasteiger partial charge in [-0.25, -0.2) is 8.78 Å². The van der Waals surface area contributed by atoms with E-state index in [1.807, 2.05) is 0 Å². The van der Waals surface area contributed by atoms with Gasteiger partial charge in [-0.15, -0.1) is 0 Å². The highest BCUT2D eigenvalue weighted by Gasteiger charge is 2.15. The summed E-state index contributed by atoms with van der Waals surface area (Å²) in [5.41, 5.74) is -0.0430. The topological polar surface area (TPSA) is 49.3 Å². The number of rotatable bonds is 2. The van der Waals surface area contributed by atoms with Gasteiger partial charge in [-0.2, -0.15) is 0 Å². The first kappa shape index (κ1) is 13.0. The molecule has 0 aromatic heterocycles. The molecule has 2 N–H and O–H groups in total. The molecule has 0 radical (unpaired) electrons. The molecule has 5 heteroatoms. The van der Waals surface area contributed by atoms with Gasteiger partial charge in [-0.3, -0.25) is 4.79 Å². The molecule has 2 aromatic carbocycles. The van der Waals surface area contributed by atoms with Crippen LogP contribution in [0.2, 0.25) is 0 Å². The molecule has 0 aliphatic rings. The lowest BCUT2D eigenvalue weighted by Crippen LogP contribution is -2.14. The number of hydrogen-bond acceptors (Lipinski definition) is 2. The molecular formula is C14H11F2NO2. The molecule has 0 saturated carbocycles. The minimum absolute atomic E-state index is 0.00414. The number of carbonyl (C=O) groups is 1. The number of halogens is 2. The van der Waals surface area contributed by atoms with Crippen molar-refractivity contribution in [3.63, 3.8) is 0 Å². The molecule has 0 fully saturated rings. The van der Waals surface area contributed by atoms with E-state index in [9.17, 15) is 13.6 Å². The van der Waals surface area contributed by atoms with E-state index < -0.39 is 23.2 Å². The van der Waals surface area contributed by atoms with Gasteiger partial charge in [0.1, 0.15) is 17.3 Å². The lowest BCUT2D eigenvalue weighted by Gasteiger charge is -2.09. The number of aromatic hydroxyl groups is 1. The van der Waals surface area contributed by atoms with Gasteiger partial charge in [0.2, 0.25) is 0 Å². The average Bonchev–Trinajstić information content (AvgIpc) is 2.40. The van der Waals surface area contributed by atoms with Gasteiger partial charge in [-0.05, 0) is 42.8 Å². The minimum Gasteiger partial charge on any atom is -0.508 e. The summed E-state index contributed by atoms with van der Waals surface area (Å²) in [5, 5.41) is 11.3. The Hall–Kier alpha value is -2.43. The third-order valence-corrected chi connectivity index (χ3v) is 2.65. The van der Waals surface area contributed by atoms with E-state index in [0.717, 1.165) is 6.07 Å². The lowest BCUT2D eigenvalue weighted by atomic mass is 10.1. The molecule has 19 heavy (non-hydrogen) atoms. The Kier molecular flexibility index (Phi) is 3.46. The summed E-state index contributed by atoms with van der Waals surface area (Å²) in [6, 6.07) is 7.73. The summed E-state index contributed by atoms with van der Waals surface area (Å²) in [6.45, 7) is 1.48. The predicted octanol–water partition coefficient (Wildman–Crippen LogP) is 3.23. The Balaban J connectivity index is 2.29. The van der Waals surface area contributed by atoms with E-state index in [1.165, 1.54) is 37.3 Å². The highest BCUT2D eigenvalue weighted by atomic mass is 19.1. The monoisotopic (exact) mass is 263 g/mol. The van der Waals surface area contributed by atoms with E-state index in [-0.39, 0.29) is 16.9 Å². The number of phenolic OH excluding ortho intramolecular Hbond substituents is 1. The maximum atomic E-state index is 13.7. The largest absolute Gasteiger partial charge is 0.508 e. The number of phenols is 1. The zero-order chi connectivity index (χ0) is 14.0. The predicted molar refractivity (Wildman–Crippen MR) is 67.2 cm³/mol. The number of aryl methyl sites for hydroxylation is 1. The zero-order valence-electron chi connectivity index (χ0n) is 10.1. The van der Waals surface area contributed by atoms with E-state index in [0.29, 0.717) is 0 Å². The van der Waals surface area contributed by atoms with Crippen molar-refractivity contribution in [3.05, 3.63) is 59.2 Å². The Morgan fingerprint density at radius 1 is 1.11 bits per heavy atom. The number of amides is 1. The minimum atomic E-state index is -0.838. The zero-order valence-corrected chi connectivity index (χ0v) is 10.1. The fourth-order valence-electron chi connectivity index (χ4n) is 1.57. The van der Waals surface area contributed by atoms with Crippen molar-refractivity contribution in [2.75, 3.05) is 5.32 Å². The molecule has 0 saturated heterocycles. The van der Waals surface area contributed by atoms with Crippen molar-refractivity contribution in [2.45, 2.75) is 6.92 Å². The van der Waals surface area contributed by atoms with Crippen LogP contribution < -0.4 is 5.32 Å². The van der Waals surface area contributed by atoms with E-state index in [2.05, 4.69) is 5.32 Å². The molecule has 2 rings (SSSR count). The van der Waals surface area contributed by atoms with Crippen LogP contribution in [0.25, 0.3) is 0 Å². The van der Waals surface area contributed by atoms with Crippen molar-refractivity contribution < 1.29 is 18.7 Å². The van der Waals surface area contributed by atoms with E-state index in [4.69, 9.17) is 5.11 Å². The summed E-state index contributed by atoms with van der Waals surface area (Å²) in [5.74, 6) is -2.28. The van der Waals surface area contributed by atoms with Crippen molar-refractivity contribution in [1.82, 2.24) is 0 Å². The second-order valence-electron chi connectivity index (χ2n) is 4.05. The van der Waals surface area contributed by atoms with Gasteiger partial charge in [0.25, 0.3) is 5.91 Å². The second kappa shape index (κ2) is 5.06. The SMILES string of the molecule is Cc1ccc(F)c(NC(=O)c2ccc(O)cc2)c1F. The van der Waals surface area contributed by atoms with Gasteiger partial charge in [-0.1, -0.05) is 6.07 Å². The van der Waals surface area contributed by atoms with Gasteiger partial charge >= 0.3 is 0 Å². The number of hydrogen-bond donors (Lipinski definition) is 2. The van der Waals surface area contributed by atoms with Crippen LogP contribution >= 0.6 is 0 Å². The maximum Gasteiger partial charge on any atom is 0.255 e. The molecule has 1 amide bonds. The molecule has 0 aliphatic carbocycles. The van der Waals surface area contributed by atoms with Crippen molar-refractivity contribution in [2.24, 2.45) is 0 Å². The molecule has 0 unspecified atom stereocenters. The van der Waals surface area contributed by atoms with Crippen LogP contribution in [-0.2, 0) is 0 Å². The van der Waals surface area contributed by atoms with Crippen molar-refractivity contribution in [3.8, 4) is 5.75 Å². The Bertz CT molecular complexity index is 624. The Morgan fingerprint density at radius 2 is 1.74 bits per heavy atom. The molecule has 98 valence electrons. The first-order valence-corrected chi connectivity index (χ1v) is 5.54. The maximum absolute atomic E-state index is 13.7. The van der Waals surface area contributed by atoms with Crippen molar-refractivity contribution in [1.29, 1.82) is 0 Å². The molecular weight excluding hydrogens is 252 g/mol. The molecule has 0 aliphatic heterocycles. The summed E-state index contributed by atoms with van der Waals surface area (Å²) >= 11 is 0. The van der Waals surface area contributed by atoms with Gasteiger partial charge < -0.3 is 10.4 Å². The molecule has 3 nitrogen and oxygen atoms in total. The number of nitrogens with one attached hydrogen (secondary N) is 1. The summed E-state index contributed by atoms with van der Waals surface area (Å²) in [4.78, 5) is 11.8. The van der Waals surface area contributed by atoms with Gasteiger partial charge in [0.15, 0.2) is 5.82 Å². The Morgan fingerprint density at radius 3 is 2.37 bits per heavy atom. The third-order valence-electron chi connectivity index (χ3n) is 2.65. The third kappa shape index (κ3) is 2.70. The van der Waals surface area contributed by atoms with Crippen LogP contribution in [0, 0.1) is 18.6 Å². The van der Waals surface area contributed by atoms with Crippen LogP contribution in [-0.4, -0.2) is 11.0 Å². The van der Waals surface area contributed by atoms with Crippen LogP contribution in [0.15, 0.2) is 36.4 Å². The first-order chi connectivity index (χ1) is 8.99. The van der Waals surface area contributed by atoms with Gasteiger partial charge in [0, 0.05) is 5.56 Å². The van der Waals surface area contributed by atoms with E-state index >= 15 is 0 Å². The highest BCUT2D eigenvalue weighted by molar-refractivity contribution is 6.04. The molecule has 0 heterocycles. The number of anilines is 1. The molecule has 0 spiro atoms. The van der Waals surface area contributed by atoms with Crippen molar-refractivity contribution >= 4 is 11.6 Å². The van der Waals surface area contributed by atoms with Crippen LogP contribution in [0.1, 0.15) is 15.9 Å². The van der Waals surface area contributed by atoms with Gasteiger partial charge in [0.05, 0.1) is 0 Å². The molecule has 0 bridgehead atoms. The average molecular weight is 263 g/mol. The smallest absolute Gasteiger partial charge is 0.255 e. The van der Waals surface area contributed by atoms with Crippen LogP contribution in [0.4, 0.5) is 14.5 Å². The normalized spacial score (nSPS) is 10.3. The summed E-state index contributed by atoms with van der Waals surface area (Å²) in [7, 11) is 0. The number of benzene rings is 2.